The third-order valence-corrected chi connectivity index (χ3v) is 4.77. The van der Waals surface area contributed by atoms with Crippen molar-refractivity contribution in [3.05, 3.63) is 59.2 Å². The van der Waals surface area contributed by atoms with Crippen LogP contribution in [0.1, 0.15) is 23.6 Å². The minimum absolute atomic E-state index is 0.0327. The molecule has 2 amide bonds. The molecule has 0 saturated carbocycles. The molecule has 2 aromatic carbocycles. The summed E-state index contributed by atoms with van der Waals surface area (Å²) in [6.45, 7) is 5.43. The van der Waals surface area contributed by atoms with Crippen molar-refractivity contribution in [1.29, 1.82) is 0 Å². The van der Waals surface area contributed by atoms with Gasteiger partial charge in [-0.3, -0.25) is 9.59 Å². The van der Waals surface area contributed by atoms with Crippen molar-refractivity contribution in [1.82, 2.24) is 0 Å². The largest absolute Gasteiger partial charge is 0.416 e. The summed E-state index contributed by atoms with van der Waals surface area (Å²) < 4.78 is 38.4. The van der Waals surface area contributed by atoms with E-state index in [1.807, 2.05) is 32.0 Å². The minimum atomic E-state index is -4.49. The number of alkyl halides is 3. The van der Waals surface area contributed by atoms with Crippen LogP contribution in [-0.4, -0.2) is 31.4 Å². The first-order valence-electron chi connectivity index (χ1n) is 9.15. The predicted molar refractivity (Wildman–Crippen MR) is 106 cm³/mol. The van der Waals surface area contributed by atoms with Gasteiger partial charge in [0.15, 0.2) is 12.6 Å². The van der Waals surface area contributed by atoms with Gasteiger partial charge in [-0.2, -0.15) is 13.2 Å². The molecular weight excluding hydrogens is 383 g/mol. The summed E-state index contributed by atoms with van der Waals surface area (Å²) in [5.41, 5.74) is 1.84. The number of amides is 2. The van der Waals surface area contributed by atoms with E-state index in [0.717, 1.165) is 28.9 Å². The lowest BCUT2D eigenvalue weighted by atomic mass is 10.1. The molecule has 2 aromatic rings. The number of para-hydroxylation sites is 1. The van der Waals surface area contributed by atoms with Crippen molar-refractivity contribution in [3.63, 3.8) is 0 Å². The van der Waals surface area contributed by atoms with Gasteiger partial charge in [0, 0.05) is 11.4 Å². The van der Waals surface area contributed by atoms with E-state index >= 15 is 0 Å². The Kier molecular flexibility index (Phi) is 7.02. The highest BCUT2D eigenvalue weighted by atomic mass is 19.4. The van der Waals surface area contributed by atoms with Crippen LogP contribution in [-0.2, 0) is 15.8 Å². The summed E-state index contributed by atoms with van der Waals surface area (Å²) in [6, 6.07) is 9.49. The van der Waals surface area contributed by atoms with E-state index in [1.165, 1.54) is 12.1 Å². The summed E-state index contributed by atoms with van der Waals surface area (Å²) >= 11 is 0. The topological polar surface area (TPSA) is 62.6 Å². The Morgan fingerprint density at radius 1 is 1.03 bits per heavy atom. The fraction of sp³-hybridized carbons (Fsp3) is 0.333. The zero-order valence-electron chi connectivity index (χ0n) is 16.8. The van der Waals surface area contributed by atoms with E-state index < -0.39 is 23.7 Å². The average Bonchev–Trinajstić information content (AvgIpc) is 2.63. The molecule has 156 valence electrons. The Labute approximate surface area is 167 Å². The van der Waals surface area contributed by atoms with Crippen LogP contribution in [0, 0.1) is 13.8 Å². The molecule has 0 radical (unpaired) electrons. The smallest absolute Gasteiger partial charge is 0.321 e. The highest BCUT2D eigenvalue weighted by Gasteiger charge is 2.31. The summed E-state index contributed by atoms with van der Waals surface area (Å²) in [4.78, 5) is 25.4. The molecule has 29 heavy (non-hydrogen) atoms. The Morgan fingerprint density at radius 3 is 2.21 bits per heavy atom. The summed E-state index contributed by atoms with van der Waals surface area (Å²) in [5.74, 6) is -0.722. The molecule has 2 rings (SSSR count). The van der Waals surface area contributed by atoms with Gasteiger partial charge in [0.2, 0.25) is 0 Å². The first-order valence-corrected chi connectivity index (χ1v) is 9.15. The third-order valence-electron chi connectivity index (χ3n) is 4.77. The summed E-state index contributed by atoms with van der Waals surface area (Å²) in [6.07, 6.45) is -4.49. The maximum Gasteiger partial charge on any atom is 0.416 e. The Morgan fingerprint density at radius 2 is 1.62 bits per heavy atom. The van der Waals surface area contributed by atoms with Crippen LogP contribution in [0.15, 0.2) is 42.5 Å². The molecule has 0 aliphatic rings. The molecule has 0 bridgehead atoms. The molecule has 0 saturated heterocycles. The number of nitrogens with one attached hydrogen (secondary N) is 3. The molecule has 0 heterocycles. The minimum Gasteiger partial charge on any atom is -0.321 e. The normalized spacial score (nSPS) is 13.5. The van der Waals surface area contributed by atoms with Crippen LogP contribution >= 0.6 is 0 Å². The molecule has 0 aromatic heterocycles. The van der Waals surface area contributed by atoms with Gasteiger partial charge < -0.3 is 15.5 Å². The highest BCUT2D eigenvalue weighted by molar-refractivity contribution is 5.95. The van der Waals surface area contributed by atoms with E-state index in [4.69, 9.17) is 0 Å². The monoisotopic (exact) mass is 408 g/mol. The van der Waals surface area contributed by atoms with Gasteiger partial charge in [0.25, 0.3) is 11.8 Å². The fourth-order valence-electron chi connectivity index (χ4n) is 2.85. The Bertz CT molecular complexity index is 877. The average molecular weight is 408 g/mol. The Balaban J connectivity index is 1.98. The second-order valence-corrected chi connectivity index (χ2v) is 7.13. The number of rotatable bonds is 6. The number of carbonyl (C=O) groups excluding carboxylic acids is 2. The van der Waals surface area contributed by atoms with Gasteiger partial charge >= 0.3 is 6.18 Å². The fourth-order valence-corrected chi connectivity index (χ4v) is 2.85. The van der Waals surface area contributed by atoms with Gasteiger partial charge in [0.1, 0.15) is 0 Å². The summed E-state index contributed by atoms with van der Waals surface area (Å²) in [5, 5.41) is 5.35. The molecular formula is C21H25F3N3O2+. The molecule has 0 aliphatic heterocycles. The van der Waals surface area contributed by atoms with E-state index in [1.54, 1.807) is 14.0 Å². The van der Waals surface area contributed by atoms with Gasteiger partial charge in [0.05, 0.1) is 12.6 Å². The number of benzene rings is 2. The lowest BCUT2D eigenvalue weighted by molar-refractivity contribution is -0.885. The SMILES string of the molecule is Cc1cccc(C)c1NC(=O)C[NH+](C)[C@H](C)C(=O)Nc1cccc(C(F)(F)F)c1. The lowest BCUT2D eigenvalue weighted by Crippen LogP contribution is -3.14. The number of hydrogen-bond donors (Lipinski definition) is 3. The van der Waals surface area contributed by atoms with E-state index in [9.17, 15) is 22.8 Å². The molecule has 1 unspecified atom stereocenters. The van der Waals surface area contributed by atoms with Crippen LogP contribution in [0.3, 0.4) is 0 Å². The molecule has 3 N–H and O–H groups in total. The number of anilines is 2. The van der Waals surface area contributed by atoms with Crippen molar-refractivity contribution in [2.24, 2.45) is 0 Å². The standard InChI is InChI=1S/C21H24F3N3O2/c1-13-7-5-8-14(2)19(13)26-18(28)12-27(4)15(3)20(29)25-17-10-6-9-16(11-17)21(22,23)24/h5-11,15H,12H2,1-4H3,(H,25,29)(H,26,28)/p+1/t15-/m1/s1. The zero-order valence-corrected chi connectivity index (χ0v) is 16.8. The Hall–Kier alpha value is -2.87. The molecule has 0 spiro atoms. The van der Waals surface area contributed by atoms with Gasteiger partial charge in [-0.15, -0.1) is 0 Å². The third kappa shape index (κ3) is 6.05. The maximum absolute atomic E-state index is 12.8. The van der Waals surface area contributed by atoms with Crippen molar-refractivity contribution in [3.8, 4) is 0 Å². The van der Waals surface area contributed by atoms with E-state index in [-0.39, 0.29) is 18.1 Å². The van der Waals surface area contributed by atoms with Crippen molar-refractivity contribution >= 4 is 23.2 Å². The van der Waals surface area contributed by atoms with Crippen LogP contribution < -0.4 is 15.5 Å². The van der Waals surface area contributed by atoms with Gasteiger partial charge in [-0.25, -0.2) is 0 Å². The van der Waals surface area contributed by atoms with Gasteiger partial charge in [-0.1, -0.05) is 24.3 Å². The van der Waals surface area contributed by atoms with Crippen molar-refractivity contribution in [2.45, 2.75) is 33.0 Å². The molecule has 0 fully saturated rings. The van der Waals surface area contributed by atoms with E-state index in [0.29, 0.717) is 4.90 Å². The second-order valence-electron chi connectivity index (χ2n) is 7.13. The lowest BCUT2D eigenvalue weighted by Gasteiger charge is -2.21. The number of quaternary nitrogens is 1. The van der Waals surface area contributed by atoms with Crippen LogP contribution in [0.2, 0.25) is 0 Å². The summed E-state index contributed by atoms with van der Waals surface area (Å²) in [7, 11) is 1.68. The van der Waals surface area contributed by atoms with Crippen LogP contribution in [0.25, 0.3) is 0 Å². The number of aryl methyl sites for hydroxylation is 2. The number of likely N-dealkylation sites (N-methyl/N-ethyl adjacent to an activating group) is 1. The zero-order chi connectivity index (χ0) is 21.8. The van der Waals surface area contributed by atoms with Crippen molar-refractivity contribution in [2.75, 3.05) is 24.2 Å². The van der Waals surface area contributed by atoms with Gasteiger partial charge in [-0.05, 0) is 50.1 Å². The predicted octanol–water partition coefficient (Wildman–Crippen LogP) is 2.80. The number of hydrogen-bond acceptors (Lipinski definition) is 2. The quantitative estimate of drug-likeness (QED) is 0.688. The second kappa shape index (κ2) is 9.09. The first kappa shape index (κ1) is 22.4. The first-order chi connectivity index (χ1) is 13.5. The van der Waals surface area contributed by atoms with Crippen LogP contribution in [0.4, 0.5) is 24.5 Å². The van der Waals surface area contributed by atoms with Crippen LogP contribution in [0.5, 0.6) is 0 Å². The molecule has 8 heteroatoms. The molecule has 2 atom stereocenters. The molecule has 0 aliphatic carbocycles. The number of halogens is 3. The molecule has 5 nitrogen and oxygen atoms in total. The number of carbonyl (C=O) groups is 2. The maximum atomic E-state index is 12.8. The van der Waals surface area contributed by atoms with Crippen molar-refractivity contribution < 1.29 is 27.7 Å². The highest BCUT2D eigenvalue weighted by Crippen LogP contribution is 2.30. The van der Waals surface area contributed by atoms with E-state index in [2.05, 4.69) is 10.6 Å².